The fraction of sp³-hybridized carbons (Fsp3) is 0.414. The number of piperazine rings is 1. The normalized spacial score (nSPS) is 15.5. The molecule has 2 aliphatic rings. The summed E-state index contributed by atoms with van der Waals surface area (Å²) in [6.45, 7) is 10.8. The van der Waals surface area contributed by atoms with Crippen molar-refractivity contribution in [3.8, 4) is 0 Å². The summed E-state index contributed by atoms with van der Waals surface area (Å²) in [6.07, 6.45) is 5.97. The van der Waals surface area contributed by atoms with Gasteiger partial charge in [0, 0.05) is 50.9 Å². The number of nitrogens with zero attached hydrogens (tertiary/aromatic N) is 5. The van der Waals surface area contributed by atoms with Crippen molar-refractivity contribution in [1.29, 1.82) is 0 Å². The van der Waals surface area contributed by atoms with E-state index in [2.05, 4.69) is 20.5 Å². The van der Waals surface area contributed by atoms with Gasteiger partial charge in [-0.1, -0.05) is 28.9 Å². The first-order valence-electron chi connectivity index (χ1n) is 13.0. The molecule has 5 rings (SSSR count). The van der Waals surface area contributed by atoms with Gasteiger partial charge in [0.1, 0.15) is 11.4 Å². The molecule has 1 aliphatic carbocycles. The molecule has 1 fully saturated rings. The van der Waals surface area contributed by atoms with Gasteiger partial charge in [-0.3, -0.25) is 4.98 Å². The Morgan fingerprint density at radius 2 is 1.92 bits per heavy atom. The van der Waals surface area contributed by atoms with Crippen LogP contribution < -0.4 is 5.32 Å². The number of hydrogen-bond acceptors (Lipinski definition) is 7. The van der Waals surface area contributed by atoms with Gasteiger partial charge in [0.2, 0.25) is 0 Å². The number of rotatable bonds is 3. The zero-order valence-corrected chi connectivity index (χ0v) is 23.8. The number of fused-ring (bicyclic) bond motifs is 2. The number of carbonyl (C=O) groups is 1. The van der Waals surface area contributed by atoms with Crippen LogP contribution in [-0.4, -0.2) is 57.3 Å². The Morgan fingerprint density at radius 3 is 2.56 bits per heavy atom. The summed E-state index contributed by atoms with van der Waals surface area (Å²) in [4.78, 5) is 34.0. The fourth-order valence-electron chi connectivity index (χ4n) is 4.57. The molecular formula is C29H35ClN6O3. The van der Waals surface area contributed by atoms with Gasteiger partial charge in [-0.05, 0) is 74.2 Å². The van der Waals surface area contributed by atoms with E-state index in [1.807, 2.05) is 75.7 Å². The highest BCUT2D eigenvalue weighted by molar-refractivity contribution is 6.30. The largest absolute Gasteiger partial charge is 0.444 e. The minimum absolute atomic E-state index is 0.200. The molecule has 3 heterocycles. The molecule has 1 aromatic carbocycles. The van der Waals surface area contributed by atoms with E-state index in [0.717, 1.165) is 65.7 Å². The standard InChI is InChI=1S/C20H17ClN4O.C9H18N2O2/c1-12-23-11-19(25(12)2)20(24-26)17-8-14-4-3-7-22-18(14)9-13-5-6-15(21)10-16(13)17;1-9(2,3)13-8(12)11-6-4-10-5-7-11/h3-8,10-11,20H,9H2,1-2H3;10H,4-7H2,1-3H3. The SMILES string of the molecule is CC(C)(C)OC(=O)N1CCNCC1.Cc1ncc(C(N=O)C2=Cc3cccnc3Cc3ccc(Cl)cc32)n1C. The average molecular weight is 551 g/mol. The van der Waals surface area contributed by atoms with Crippen LogP contribution in [0.5, 0.6) is 0 Å². The zero-order valence-electron chi connectivity index (χ0n) is 23.1. The number of halogens is 1. The number of nitroso groups, excluding NO2 is 1. The fourth-order valence-corrected chi connectivity index (χ4v) is 4.74. The van der Waals surface area contributed by atoms with E-state index in [9.17, 15) is 9.70 Å². The number of aromatic nitrogens is 3. The lowest BCUT2D eigenvalue weighted by molar-refractivity contribution is 0.0229. The van der Waals surface area contributed by atoms with Crippen molar-refractivity contribution in [2.24, 2.45) is 12.2 Å². The van der Waals surface area contributed by atoms with Crippen LogP contribution in [0.4, 0.5) is 4.79 Å². The first kappa shape index (κ1) is 28.4. The highest BCUT2D eigenvalue weighted by Crippen LogP contribution is 2.40. The number of imidazole rings is 1. The van der Waals surface area contributed by atoms with Crippen molar-refractivity contribution < 1.29 is 9.53 Å². The molecule has 1 unspecified atom stereocenters. The lowest BCUT2D eigenvalue weighted by atomic mass is 9.92. The van der Waals surface area contributed by atoms with E-state index in [4.69, 9.17) is 16.3 Å². The molecular weight excluding hydrogens is 516 g/mol. The number of ether oxygens (including phenoxy) is 1. The van der Waals surface area contributed by atoms with Crippen LogP contribution >= 0.6 is 11.6 Å². The number of aryl methyl sites for hydroxylation is 1. The minimum Gasteiger partial charge on any atom is -0.444 e. The number of hydrogen-bond donors (Lipinski definition) is 1. The predicted molar refractivity (Wildman–Crippen MR) is 154 cm³/mol. The van der Waals surface area contributed by atoms with Crippen LogP contribution in [0.3, 0.4) is 0 Å². The Labute approximate surface area is 234 Å². The number of nitrogens with one attached hydrogen (secondary N) is 1. The lowest BCUT2D eigenvalue weighted by Crippen LogP contribution is -2.48. The van der Waals surface area contributed by atoms with Crippen LogP contribution in [0.2, 0.25) is 5.02 Å². The number of amides is 1. The molecule has 10 heteroatoms. The first-order valence-corrected chi connectivity index (χ1v) is 13.4. The average Bonchev–Trinajstić information content (AvgIpc) is 3.14. The van der Waals surface area contributed by atoms with Crippen molar-refractivity contribution in [1.82, 2.24) is 24.8 Å². The summed E-state index contributed by atoms with van der Waals surface area (Å²) in [5.41, 5.74) is 5.14. The second-order valence-corrected chi connectivity index (χ2v) is 11.1. The molecule has 0 saturated carbocycles. The van der Waals surface area contributed by atoms with Gasteiger partial charge >= 0.3 is 6.09 Å². The topological polar surface area (TPSA) is 102 Å². The smallest absolute Gasteiger partial charge is 0.410 e. The zero-order chi connectivity index (χ0) is 28.2. The third-order valence-electron chi connectivity index (χ3n) is 6.68. The van der Waals surface area contributed by atoms with E-state index >= 15 is 0 Å². The van der Waals surface area contributed by atoms with Gasteiger partial charge in [-0.25, -0.2) is 9.78 Å². The molecule has 3 aromatic rings. The van der Waals surface area contributed by atoms with Crippen LogP contribution in [0.1, 0.15) is 60.7 Å². The molecule has 1 saturated heterocycles. The van der Waals surface area contributed by atoms with Gasteiger partial charge in [0.05, 0.1) is 17.6 Å². The minimum atomic E-state index is -0.676. The second-order valence-electron chi connectivity index (χ2n) is 10.6. The van der Waals surface area contributed by atoms with Gasteiger partial charge < -0.3 is 19.5 Å². The summed E-state index contributed by atoms with van der Waals surface area (Å²) >= 11 is 6.27. The van der Waals surface area contributed by atoms with Crippen LogP contribution in [0.15, 0.2) is 47.9 Å². The molecule has 0 radical (unpaired) electrons. The maximum absolute atomic E-state index is 11.9. The van der Waals surface area contributed by atoms with Gasteiger partial charge in [-0.15, -0.1) is 4.91 Å². The summed E-state index contributed by atoms with van der Waals surface area (Å²) < 4.78 is 7.13. The molecule has 9 nitrogen and oxygen atoms in total. The van der Waals surface area contributed by atoms with Crippen molar-refractivity contribution >= 4 is 29.3 Å². The van der Waals surface area contributed by atoms with Crippen molar-refractivity contribution in [2.45, 2.75) is 45.8 Å². The summed E-state index contributed by atoms with van der Waals surface area (Å²) in [5, 5.41) is 7.26. The van der Waals surface area contributed by atoms with E-state index in [1.54, 1.807) is 17.3 Å². The summed E-state index contributed by atoms with van der Waals surface area (Å²) in [6, 6.07) is 8.98. The molecule has 1 aliphatic heterocycles. The van der Waals surface area contributed by atoms with Crippen LogP contribution in [0.25, 0.3) is 11.6 Å². The van der Waals surface area contributed by atoms with Crippen molar-refractivity contribution in [3.05, 3.63) is 86.6 Å². The Kier molecular flexibility index (Phi) is 8.82. The first-order chi connectivity index (χ1) is 18.6. The van der Waals surface area contributed by atoms with E-state index < -0.39 is 6.04 Å². The highest BCUT2D eigenvalue weighted by atomic mass is 35.5. The third-order valence-corrected chi connectivity index (χ3v) is 6.92. The maximum Gasteiger partial charge on any atom is 0.410 e. The molecule has 1 N–H and O–H groups in total. The monoisotopic (exact) mass is 550 g/mol. The molecule has 2 aromatic heterocycles. The van der Waals surface area contributed by atoms with E-state index in [1.165, 1.54) is 0 Å². The number of pyridine rings is 1. The van der Waals surface area contributed by atoms with Crippen LogP contribution in [0, 0.1) is 11.8 Å². The van der Waals surface area contributed by atoms with Crippen molar-refractivity contribution in [3.63, 3.8) is 0 Å². The highest BCUT2D eigenvalue weighted by Gasteiger charge is 2.27. The summed E-state index contributed by atoms with van der Waals surface area (Å²) in [7, 11) is 1.89. The van der Waals surface area contributed by atoms with Gasteiger partial charge in [-0.2, -0.15) is 0 Å². The van der Waals surface area contributed by atoms with E-state index in [-0.39, 0.29) is 11.7 Å². The van der Waals surface area contributed by atoms with Crippen LogP contribution in [-0.2, 0) is 18.2 Å². The number of carbonyl (C=O) groups excluding carboxylic acids is 1. The van der Waals surface area contributed by atoms with Gasteiger partial charge in [0.15, 0.2) is 6.04 Å². The predicted octanol–water partition coefficient (Wildman–Crippen LogP) is 5.56. The van der Waals surface area contributed by atoms with Crippen molar-refractivity contribution in [2.75, 3.05) is 26.2 Å². The molecule has 0 spiro atoms. The second kappa shape index (κ2) is 12.1. The quantitative estimate of drug-likeness (QED) is 0.429. The Morgan fingerprint density at radius 1 is 1.18 bits per heavy atom. The molecule has 1 atom stereocenters. The Bertz CT molecular complexity index is 1370. The molecule has 39 heavy (non-hydrogen) atoms. The third kappa shape index (κ3) is 6.91. The van der Waals surface area contributed by atoms with Gasteiger partial charge in [0.25, 0.3) is 0 Å². The van der Waals surface area contributed by atoms with E-state index in [0.29, 0.717) is 11.4 Å². The number of benzene rings is 1. The molecule has 206 valence electrons. The maximum atomic E-state index is 11.9. The molecule has 1 amide bonds. The Balaban J connectivity index is 0.000000229. The lowest BCUT2D eigenvalue weighted by Gasteiger charge is -2.30. The summed E-state index contributed by atoms with van der Waals surface area (Å²) in [5.74, 6) is 0.830. The Hall–Kier alpha value is -3.56. The molecule has 0 bridgehead atoms.